The quantitative estimate of drug-likeness (QED) is 0.550. The Morgan fingerprint density at radius 2 is 1.78 bits per heavy atom. The number of hydrogen-bond acceptors (Lipinski definition) is 6. The molecule has 0 saturated heterocycles. The summed E-state index contributed by atoms with van der Waals surface area (Å²) in [6.07, 6.45) is 0. The molecule has 0 aliphatic rings. The van der Waals surface area contributed by atoms with Gasteiger partial charge in [-0.15, -0.1) is 0 Å². The molecule has 9 nitrogen and oxygen atoms in total. The third-order valence-electron chi connectivity index (χ3n) is 3.14. The van der Waals surface area contributed by atoms with Crippen LogP contribution in [0.5, 0.6) is 11.5 Å². The van der Waals surface area contributed by atoms with E-state index in [0.29, 0.717) is 0 Å². The number of methoxy groups -OCH3 is 1. The van der Waals surface area contributed by atoms with Crippen LogP contribution < -0.4 is 16.0 Å². The van der Waals surface area contributed by atoms with E-state index in [0.717, 1.165) is 6.07 Å². The average molecular weight is 320 g/mol. The number of carboxylic acids is 2. The van der Waals surface area contributed by atoms with E-state index >= 15 is 0 Å². The summed E-state index contributed by atoms with van der Waals surface area (Å²) < 4.78 is 4.86. The minimum Gasteiger partial charge on any atom is -0.504 e. The maximum absolute atomic E-state index is 11.9. The highest BCUT2D eigenvalue weighted by atomic mass is 16.5. The molecular weight excluding hydrogens is 308 g/mol. The second-order valence-corrected chi connectivity index (χ2v) is 4.49. The first-order chi connectivity index (χ1) is 10.8. The van der Waals surface area contributed by atoms with Crippen molar-refractivity contribution in [3.05, 3.63) is 39.7 Å². The maximum Gasteiger partial charge on any atom is 0.342 e. The molecule has 0 aliphatic heterocycles. The zero-order chi connectivity index (χ0) is 17.3. The number of ether oxygens (including phenoxy) is 1. The van der Waals surface area contributed by atoms with E-state index in [1.165, 1.54) is 19.2 Å². The van der Waals surface area contributed by atoms with Gasteiger partial charge >= 0.3 is 11.9 Å². The number of aromatic carboxylic acids is 2. The number of aromatic amines is 1. The molecule has 0 radical (unpaired) electrons. The van der Waals surface area contributed by atoms with Gasteiger partial charge in [0.1, 0.15) is 16.9 Å². The number of pyridine rings is 1. The summed E-state index contributed by atoms with van der Waals surface area (Å²) in [6, 6.07) is 3.71. The SMILES string of the molecule is COc1ccc(-c2c(C(=O)O)c(N)[nH]c(=O)c2C(=O)O)cc1O. The predicted octanol–water partition coefficient (Wildman–Crippen LogP) is 0.735. The summed E-state index contributed by atoms with van der Waals surface area (Å²) in [5, 5.41) is 28.3. The van der Waals surface area contributed by atoms with Crippen molar-refractivity contribution >= 4 is 17.8 Å². The Morgan fingerprint density at radius 3 is 2.26 bits per heavy atom. The summed E-state index contributed by atoms with van der Waals surface area (Å²) in [5.41, 5.74) is 2.69. The molecule has 120 valence electrons. The largest absolute Gasteiger partial charge is 0.504 e. The molecule has 0 amide bonds. The highest BCUT2D eigenvalue weighted by molar-refractivity contribution is 6.07. The number of aromatic hydroxyl groups is 1. The fourth-order valence-electron chi connectivity index (χ4n) is 2.18. The van der Waals surface area contributed by atoms with Crippen molar-refractivity contribution in [1.82, 2.24) is 4.98 Å². The molecule has 0 bridgehead atoms. The van der Waals surface area contributed by atoms with E-state index in [9.17, 15) is 29.7 Å². The fraction of sp³-hybridized carbons (Fsp3) is 0.0714. The minimum absolute atomic E-state index is 0.00380. The summed E-state index contributed by atoms with van der Waals surface area (Å²) in [5.74, 6) is -3.89. The van der Waals surface area contributed by atoms with Gasteiger partial charge in [0.15, 0.2) is 11.5 Å². The van der Waals surface area contributed by atoms with Crippen LogP contribution in [0.1, 0.15) is 20.7 Å². The number of hydrogen-bond donors (Lipinski definition) is 5. The molecule has 1 aromatic heterocycles. The van der Waals surface area contributed by atoms with Crippen molar-refractivity contribution in [1.29, 1.82) is 0 Å². The Labute approximate surface area is 128 Å². The lowest BCUT2D eigenvalue weighted by molar-refractivity contribution is 0.0695. The number of aromatic nitrogens is 1. The van der Waals surface area contributed by atoms with Crippen molar-refractivity contribution in [2.75, 3.05) is 12.8 Å². The smallest absolute Gasteiger partial charge is 0.342 e. The first kappa shape index (κ1) is 15.9. The molecule has 0 fully saturated rings. The molecule has 0 spiro atoms. The molecule has 1 aromatic carbocycles. The second kappa shape index (κ2) is 5.72. The van der Waals surface area contributed by atoms with Crippen LogP contribution in [0.2, 0.25) is 0 Å². The molecule has 9 heteroatoms. The lowest BCUT2D eigenvalue weighted by atomic mass is 9.95. The molecule has 1 heterocycles. The van der Waals surface area contributed by atoms with Gasteiger partial charge < -0.3 is 30.8 Å². The number of nitrogens with one attached hydrogen (secondary N) is 1. The van der Waals surface area contributed by atoms with E-state index < -0.39 is 40.0 Å². The molecular formula is C14H12N2O7. The van der Waals surface area contributed by atoms with Gasteiger partial charge in [0, 0.05) is 5.56 Å². The average Bonchev–Trinajstić information content (AvgIpc) is 2.45. The maximum atomic E-state index is 11.9. The zero-order valence-corrected chi connectivity index (χ0v) is 11.8. The molecule has 2 aromatic rings. The van der Waals surface area contributed by atoms with Gasteiger partial charge in [0.05, 0.1) is 7.11 Å². The first-order valence-electron chi connectivity index (χ1n) is 6.17. The Kier molecular flexibility index (Phi) is 3.95. The van der Waals surface area contributed by atoms with E-state index in [4.69, 9.17) is 10.5 Å². The van der Waals surface area contributed by atoms with Crippen LogP contribution in [0, 0.1) is 0 Å². The minimum atomic E-state index is -1.63. The fourth-order valence-corrected chi connectivity index (χ4v) is 2.18. The molecule has 0 saturated carbocycles. The van der Waals surface area contributed by atoms with Gasteiger partial charge in [-0.25, -0.2) is 9.59 Å². The molecule has 0 unspecified atom stereocenters. The van der Waals surface area contributed by atoms with Crippen LogP contribution in [0.15, 0.2) is 23.0 Å². The standard InChI is InChI=1S/C14H12N2O7/c1-23-7-3-2-5(4-6(7)17)8-9(13(19)20)11(15)16-12(18)10(8)14(21)22/h2-4,17H,1H3,(H,19,20)(H,21,22)(H3,15,16,18). The number of nitrogen functional groups attached to an aromatic ring is 1. The monoisotopic (exact) mass is 320 g/mol. The van der Waals surface area contributed by atoms with E-state index in [1.807, 2.05) is 4.98 Å². The highest BCUT2D eigenvalue weighted by Crippen LogP contribution is 2.35. The number of H-pyrrole nitrogens is 1. The Hall–Kier alpha value is -3.49. The molecule has 0 atom stereocenters. The zero-order valence-electron chi connectivity index (χ0n) is 11.8. The lowest BCUT2D eigenvalue weighted by Gasteiger charge is -2.13. The normalized spacial score (nSPS) is 10.3. The topological polar surface area (TPSA) is 163 Å². The van der Waals surface area contributed by atoms with Gasteiger partial charge in [-0.2, -0.15) is 0 Å². The van der Waals surface area contributed by atoms with Crippen LogP contribution in [0.3, 0.4) is 0 Å². The number of phenolic OH excluding ortho intramolecular Hbond substituents is 1. The third kappa shape index (κ3) is 2.67. The second-order valence-electron chi connectivity index (χ2n) is 4.49. The molecule has 0 aliphatic carbocycles. The number of rotatable bonds is 4. The number of phenols is 1. The number of nitrogens with two attached hydrogens (primary N) is 1. The molecule has 6 N–H and O–H groups in total. The predicted molar refractivity (Wildman–Crippen MR) is 79.0 cm³/mol. The van der Waals surface area contributed by atoms with Crippen LogP contribution in [0.4, 0.5) is 5.82 Å². The van der Waals surface area contributed by atoms with Crippen LogP contribution >= 0.6 is 0 Å². The number of benzene rings is 1. The molecule has 23 heavy (non-hydrogen) atoms. The van der Waals surface area contributed by atoms with Gasteiger partial charge in [0.2, 0.25) is 0 Å². The van der Waals surface area contributed by atoms with Crippen molar-refractivity contribution in [3.8, 4) is 22.6 Å². The number of carboxylic acid groups (broad SMARTS) is 2. The van der Waals surface area contributed by atoms with E-state index in [2.05, 4.69) is 0 Å². The summed E-state index contributed by atoms with van der Waals surface area (Å²) in [6.45, 7) is 0. The van der Waals surface area contributed by atoms with Crippen molar-refractivity contribution < 1.29 is 29.6 Å². The van der Waals surface area contributed by atoms with Crippen molar-refractivity contribution in [3.63, 3.8) is 0 Å². The number of carbonyl (C=O) groups is 2. The van der Waals surface area contributed by atoms with Gasteiger partial charge in [-0.1, -0.05) is 6.07 Å². The van der Waals surface area contributed by atoms with Crippen molar-refractivity contribution in [2.24, 2.45) is 0 Å². The van der Waals surface area contributed by atoms with Crippen LogP contribution in [0.25, 0.3) is 11.1 Å². The number of anilines is 1. The van der Waals surface area contributed by atoms with Gasteiger partial charge in [-0.05, 0) is 17.7 Å². The van der Waals surface area contributed by atoms with Gasteiger partial charge in [-0.3, -0.25) is 4.79 Å². The van der Waals surface area contributed by atoms with Crippen LogP contribution in [-0.2, 0) is 0 Å². The Bertz CT molecular complexity index is 870. The molecule has 2 rings (SSSR count). The summed E-state index contributed by atoms with van der Waals surface area (Å²) in [7, 11) is 1.31. The Morgan fingerprint density at radius 1 is 1.17 bits per heavy atom. The third-order valence-corrected chi connectivity index (χ3v) is 3.14. The van der Waals surface area contributed by atoms with Gasteiger partial charge in [0.25, 0.3) is 5.56 Å². The van der Waals surface area contributed by atoms with Crippen molar-refractivity contribution in [2.45, 2.75) is 0 Å². The Balaban J connectivity index is 2.93. The highest BCUT2D eigenvalue weighted by Gasteiger charge is 2.26. The summed E-state index contributed by atoms with van der Waals surface area (Å²) in [4.78, 5) is 36.6. The van der Waals surface area contributed by atoms with E-state index in [-0.39, 0.29) is 17.1 Å². The van der Waals surface area contributed by atoms with E-state index in [1.54, 1.807) is 0 Å². The summed E-state index contributed by atoms with van der Waals surface area (Å²) >= 11 is 0. The first-order valence-corrected chi connectivity index (χ1v) is 6.17. The lowest BCUT2D eigenvalue weighted by Crippen LogP contribution is -2.24. The van der Waals surface area contributed by atoms with Crippen LogP contribution in [-0.4, -0.2) is 39.4 Å².